The highest BCUT2D eigenvalue weighted by molar-refractivity contribution is 7.99. The van der Waals surface area contributed by atoms with Gasteiger partial charge in [0.05, 0.1) is 0 Å². The van der Waals surface area contributed by atoms with Crippen LogP contribution in [0, 0.1) is 6.92 Å². The predicted molar refractivity (Wildman–Crippen MR) is 81.8 cm³/mol. The van der Waals surface area contributed by atoms with Crippen LogP contribution in [0.5, 0.6) is 0 Å². The lowest BCUT2D eigenvalue weighted by Crippen LogP contribution is -2.15. The van der Waals surface area contributed by atoms with Crippen molar-refractivity contribution in [3.63, 3.8) is 0 Å². The van der Waals surface area contributed by atoms with Gasteiger partial charge in [0, 0.05) is 18.7 Å². The summed E-state index contributed by atoms with van der Waals surface area (Å²) < 4.78 is 5.32. The van der Waals surface area contributed by atoms with Crippen molar-refractivity contribution in [1.29, 1.82) is 0 Å². The number of thioether (sulfide) groups is 1. The van der Waals surface area contributed by atoms with Gasteiger partial charge in [-0.05, 0) is 16.5 Å². The van der Waals surface area contributed by atoms with Crippen molar-refractivity contribution in [2.45, 2.75) is 44.4 Å². The van der Waals surface area contributed by atoms with E-state index >= 15 is 0 Å². The highest BCUT2D eigenvalue weighted by atomic mass is 32.2. The molecule has 0 saturated carbocycles. The largest absolute Gasteiger partial charge is 0.416 e. The Kier molecular flexibility index (Phi) is 4.50. The molecule has 1 atom stereocenters. The average molecular weight is 291 g/mol. The Bertz CT molecular complexity index is 557. The summed E-state index contributed by atoms with van der Waals surface area (Å²) in [6.45, 7) is 8.39. The second-order valence-corrected chi connectivity index (χ2v) is 6.85. The van der Waals surface area contributed by atoms with E-state index in [4.69, 9.17) is 10.2 Å². The van der Waals surface area contributed by atoms with Crippen LogP contribution < -0.4 is 5.73 Å². The molecule has 0 saturated heterocycles. The summed E-state index contributed by atoms with van der Waals surface area (Å²) >= 11 is 1.49. The molecule has 0 aliphatic carbocycles. The third kappa shape index (κ3) is 3.84. The van der Waals surface area contributed by atoms with Crippen molar-refractivity contribution in [2.24, 2.45) is 5.73 Å². The van der Waals surface area contributed by atoms with Gasteiger partial charge in [-0.1, -0.05) is 56.8 Å². The average Bonchev–Trinajstić information content (AvgIpc) is 2.81. The van der Waals surface area contributed by atoms with Crippen molar-refractivity contribution in [2.75, 3.05) is 5.75 Å². The van der Waals surface area contributed by atoms with E-state index in [2.05, 4.69) is 55.2 Å². The number of rotatable bonds is 4. The fourth-order valence-electron chi connectivity index (χ4n) is 1.82. The molecule has 1 heterocycles. The van der Waals surface area contributed by atoms with Crippen molar-refractivity contribution in [1.82, 2.24) is 10.2 Å². The van der Waals surface area contributed by atoms with Crippen LogP contribution in [-0.4, -0.2) is 16.0 Å². The lowest BCUT2D eigenvalue weighted by molar-refractivity contribution is 0.429. The minimum Gasteiger partial charge on any atom is -0.416 e. The molecule has 2 aromatic rings. The molecule has 0 aliphatic heterocycles. The molecular weight excluding hydrogens is 270 g/mol. The summed E-state index contributed by atoms with van der Waals surface area (Å²) in [7, 11) is 0. The van der Waals surface area contributed by atoms with Gasteiger partial charge in [0.15, 0.2) is 0 Å². The van der Waals surface area contributed by atoms with Gasteiger partial charge in [-0.2, -0.15) is 0 Å². The van der Waals surface area contributed by atoms with E-state index < -0.39 is 0 Å². The number of aryl methyl sites for hydroxylation is 1. The molecule has 2 N–H and O–H groups in total. The number of benzene rings is 1. The molecule has 2 rings (SSSR count). The molecule has 1 aromatic carbocycles. The molecule has 0 radical (unpaired) electrons. The first-order valence-corrected chi connectivity index (χ1v) is 7.64. The summed E-state index contributed by atoms with van der Waals surface area (Å²) in [5.74, 6) is 1.30. The van der Waals surface area contributed by atoms with Crippen molar-refractivity contribution in [3.8, 4) is 0 Å². The third-order valence-corrected chi connectivity index (χ3v) is 4.04. The molecular formula is C15H21N3OS. The topological polar surface area (TPSA) is 64.9 Å². The number of nitrogens with two attached hydrogens (primary N) is 1. The summed E-state index contributed by atoms with van der Waals surface area (Å²) in [5.41, 5.74) is 8.80. The maximum absolute atomic E-state index is 6.20. The number of nitrogens with zero attached hydrogens (tertiary/aromatic N) is 2. The van der Waals surface area contributed by atoms with Crippen LogP contribution >= 0.6 is 11.8 Å². The Morgan fingerprint density at radius 1 is 1.20 bits per heavy atom. The molecule has 0 bridgehead atoms. The van der Waals surface area contributed by atoms with Crippen LogP contribution in [0.3, 0.4) is 0 Å². The van der Waals surface area contributed by atoms with Crippen LogP contribution in [0.15, 0.2) is 33.9 Å². The zero-order valence-corrected chi connectivity index (χ0v) is 13.2. The molecule has 4 nitrogen and oxygen atoms in total. The number of aromatic nitrogens is 2. The summed E-state index contributed by atoms with van der Waals surface area (Å²) in [5, 5.41) is 8.32. The van der Waals surface area contributed by atoms with Crippen LogP contribution in [0.2, 0.25) is 0 Å². The summed E-state index contributed by atoms with van der Waals surface area (Å²) in [6.07, 6.45) is 0. The molecule has 1 aromatic heterocycles. The Labute approximate surface area is 124 Å². The van der Waals surface area contributed by atoms with Gasteiger partial charge < -0.3 is 10.2 Å². The van der Waals surface area contributed by atoms with Crippen LogP contribution in [0.4, 0.5) is 0 Å². The second kappa shape index (κ2) is 5.97. The zero-order chi connectivity index (χ0) is 14.8. The van der Waals surface area contributed by atoms with Gasteiger partial charge >= 0.3 is 0 Å². The van der Waals surface area contributed by atoms with E-state index in [1.807, 2.05) is 0 Å². The van der Waals surface area contributed by atoms with E-state index in [1.54, 1.807) is 6.92 Å². The highest BCUT2D eigenvalue weighted by Gasteiger charge is 2.15. The fourth-order valence-corrected chi connectivity index (χ4v) is 2.62. The van der Waals surface area contributed by atoms with Gasteiger partial charge in [0.2, 0.25) is 5.89 Å². The lowest BCUT2D eigenvalue weighted by Gasteiger charge is -2.20. The van der Waals surface area contributed by atoms with Gasteiger partial charge in [-0.3, -0.25) is 0 Å². The molecule has 0 amide bonds. The lowest BCUT2D eigenvalue weighted by atomic mass is 9.86. The Morgan fingerprint density at radius 2 is 1.85 bits per heavy atom. The predicted octanol–water partition coefficient (Wildman–Crippen LogP) is 3.47. The van der Waals surface area contributed by atoms with Gasteiger partial charge in [-0.25, -0.2) is 0 Å². The van der Waals surface area contributed by atoms with E-state index in [0.717, 1.165) is 11.3 Å². The second-order valence-electron chi connectivity index (χ2n) is 5.88. The Morgan fingerprint density at radius 3 is 2.35 bits per heavy atom. The van der Waals surface area contributed by atoms with Gasteiger partial charge in [-0.15, -0.1) is 10.2 Å². The first-order valence-electron chi connectivity index (χ1n) is 6.65. The molecule has 0 spiro atoms. The summed E-state index contributed by atoms with van der Waals surface area (Å²) in [4.78, 5) is 0. The van der Waals surface area contributed by atoms with Gasteiger partial charge in [0.25, 0.3) is 5.22 Å². The van der Waals surface area contributed by atoms with E-state index in [1.165, 1.54) is 17.3 Å². The molecule has 0 aliphatic rings. The highest BCUT2D eigenvalue weighted by Crippen LogP contribution is 2.26. The van der Waals surface area contributed by atoms with E-state index in [9.17, 15) is 0 Å². The first-order chi connectivity index (χ1) is 9.36. The standard InChI is InChI=1S/C15H21N3OS/c1-10-17-18-14(19-10)20-9-13(16)11-5-7-12(8-6-11)15(2,3)4/h5-8,13H,9,16H2,1-4H3. The molecule has 1 unspecified atom stereocenters. The maximum Gasteiger partial charge on any atom is 0.276 e. The van der Waals surface area contributed by atoms with Crippen LogP contribution in [0.1, 0.15) is 43.8 Å². The third-order valence-electron chi connectivity index (χ3n) is 3.10. The monoisotopic (exact) mass is 291 g/mol. The number of hydrogen-bond acceptors (Lipinski definition) is 5. The molecule has 20 heavy (non-hydrogen) atoms. The van der Waals surface area contributed by atoms with Crippen molar-refractivity contribution >= 4 is 11.8 Å². The first kappa shape index (κ1) is 15.1. The molecule has 0 fully saturated rings. The molecule has 5 heteroatoms. The smallest absolute Gasteiger partial charge is 0.276 e. The van der Waals surface area contributed by atoms with E-state index in [0.29, 0.717) is 11.1 Å². The maximum atomic E-state index is 6.20. The quantitative estimate of drug-likeness (QED) is 0.874. The number of hydrogen-bond donors (Lipinski definition) is 1. The SMILES string of the molecule is Cc1nnc(SCC(N)c2ccc(C(C)(C)C)cc2)o1. The zero-order valence-electron chi connectivity index (χ0n) is 12.4. The minimum absolute atomic E-state index is 0.0405. The van der Waals surface area contributed by atoms with Gasteiger partial charge in [0.1, 0.15) is 0 Å². The summed E-state index contributed by atoms with van der Waals surface area (Å²) in [6, 6.07) is 8.46. The van der Waals surface area contributed by atoms with Crippen LogP contribution in [0.25, 0.3) is 0 Å². The van der Waals surface area contributed by atoms with E-state index in [-0.39, 0.29) is 11.5 Å². The van der Waals surface area contributed by atoms with Crippen molar-refractivity contribution in [3.05, 3.63) is 41.3 Å². The normalized spacial score (nSPS) is 13.4. The Hall–Kier alpha value is -1.33. The molecule has 108 valence electrons. The minimum atomic E-state index is -0.0405. The van der Waals surface area contributed by atoms with Crippen molar-refractivity contribution < 1.29 is 4.42 Å². The Balaban J connectivity index is 1.97. The van der Waals surface area contributed by atoms with Crippen LogP contribution in [-0.2, 0) is 5.41 Å². The fraction of sp³-hybridized carbons (Fsp3) is 0.467.